The third-order valence-electron chi connectivity index (χ3n) is 4.69. The van der Waals surface area contributed by atoms with Crippen LogP contribution in [-0.4, -0.2) is 42.7 Å². The second-order valence-electron chi connectivity index (χ2n) is 7.12. The third-order valence-corrected chi connectivity index (χ3v) is 4.89. The maximum atomic E-state index is 13.0. The smallest absolute Gasteiger partial charge is 0.242 e. The van der Waals surface area contributed by atoms with Crippen molar-refractivity contribution >= 4 is 34.8 Å². The Kier molecular flexibility index (Phi) is 9.64. The Hall–Kier alpha value is -1.75. The molecule has 0 saturated carbocycles. The highest BCUT2D eigenvalue weighted by Gasteiger charge is 2.22. The van der Waals surface area contributed by atoms with Gasteiger partial charge in [0.1, 0.15) is 5.38 Å². The van der Waals surface area contributed by atoms with Gasteiger partial charge >= 0.3 is 0 Å². The maximum absolute atomic E-state index is 13.0. The number of alkyl halides is 1. The average molecular weight is 396 g/mol. The number of carbonyl (C=O) groups is 2. The van der Waals surface area contributed by atoms with E-state index in [1.807, 2.05) is 42.1 Å². The van der Waals surface area contributed by atoms with E-state index >= 15 is 0 Å². The summed E-state index contributed by atoms with van der Waals surface area (Å²) in [5, 5.41) is 2.23. The number of rotatable bonds is 10. The van der Waals surface area contributed by atoms with Gasteiger partial charge in [0.25, 0.3) is 0 Å². The molecule has 5 nitrogen and oxygen atoms in total. The first-order chi connectivity index (χ1) is 12.7. The molecule has 0 unspecified atom stereocenters. The minimum atomic E-state index is -0.602. The number of hydrogen-bond acceptors (Lipinski definition) is 3. The van der Waals surface area contributed by atoms with E-state index < -0.39 is 5.38 Å². The Labute approximate surface area is 169 Å². The van der Waals surface area contributed by atoms with E-state index in [0.717, 1.165) is 37.1 Å². The van der Waals surface area contributed by atoms with Crippen molar-refractivity contribution in [1.29, 1.82) is 0 Å². The van der Waals surface area contributed by atoms with Crippen LogP contribution in [0, 0.1) is 5.92 Å². The fourth-order valence-corrected chi connectivity index (χ4v) is 3.16. The zero-order valence-corrected chi connectivity index (χ0v) is 18.3. The Morgan fingerprint density at radius 2 is 1.78 bits per heavy atom. The van der Waals surface area contributed by atoms with Crippen LogP contribution in [0.25, 0.3) is 0 Å². The van der Waals surface area contributed by atoms with Gasteiger partial charge in [-0.05, 0) is 49.9 Å². The van der Waals surface area contributed by atoms with Gasteiger partial charge < -0.3 is 15.1 Å². The summed E-state index contributed by atoms with van der Waals surface area (Å²) >= 11 is 5.86. The summed E-state index contributed by atoms with van der Waals surface area (Å²) in [5.74, 6) is 0.0217. The van der Waals surface area contributed by atoms with Crippen LogP contribution in [-0.2, 0) is 16.1 Å². The van der Waals surface area contributed by atoms with Gasteiger partial charge in [0.2, 0.25) is 11.8 Å². The lowest BCUT2D eigenvalue weighted by molar-refractivity contribution is -0.136. The molecule has 2 amide bonds. The Morgan fingerprint density at radius 1 is 1.15 bits per heavy atom. The van der Waals surface area contributed by atoms with E-state index in [9.17, 15) is 9.59 Å². The number of nitrogens with one attached hydrogen (secondary N) is 1. The van der Waals surface area contributed by atoms with Gasteiger partial charge in [0, 0.05) is 44.5 Å². The number of amides is 2. The SMILES string of the molecule is CCCN(Cc1cc(NC(=O)[C@@H](C)Cl)ccc1N(C)C)C(=O)C(CC)CC. The molecule has 0 radical (unpaired) electrons. The van der Waals surface area contributed by atoms with E-state index in [0.29, 0.717) is 12.2 Å². The Bertz CT molecular complexity index is 628. The van der Waals surface area contributed by atoms with Crippen LogP contribution in [0.1, 0.15) is 52.5 Å². The van der Waals surface area contributed by atoms with Crippen molar-refractivity contribution in [2.45, 2.75) is 58.9 Å². The van der Waals surface area contributed by atoms with Gasteiger partial charge in [0.05, 0.1) is 0 Å². The predicted octanol–water partition coefficient (Wildman–Crippen LogP) is 4.49. The molecule has 0 aliphatic rings. The van der Waals surface area contributed by atoms with E-state index in [1.54, 1.807) is 6.92 Å². The summed E-state index contributed by atoms with van der Waals surface area (Å²) < 4.78 is 0. The van der Waals surface area contributed by atoms with Crippen LogP contribution < -0.4 is 10.2 Å². The lowest BCUT2D eigenvalue weighted by atomic mass is 10.0. The maximum Gasteiger partial charge on any atom is 0.242 e. The second-order valence-corrected chi connectivity index (χ2v) is 7.77. The monoisotopic (exact) mass is 395 g/mol. The van der Waals surface area contributed by atoms with E-state index in [4.69, 9.17) is 11.6 Å². The zero-order valence-electron chi connectivity index (χ0n) is 17.5. The topological polar surface area (TPSA) is 52.7 Å². The molecule has 27 heavy (non-hydrogen) atoms. The van der Waals surface area contributed by atoms with Crippen molar-refractivity contribution in [2.24, 2.45) is 5.92 Å². The zero-order chi connectivity index (χ0) is 20.6. The molecule has 0 fully saturated rings. The summed E-state index contributed by atoms with van der Waals surface area (Å²) in [4.78, 5) is 28.8. The lowest BCUT2D eigenvalue weighted by Gasteiger charge is -2.28. The fraction of sp³-hybridized carbons (Fsp3) is 0.619. The molecule has 1 N–H and O–H groups in total. The van der Waals surface area contributed by atoms with Crippen molar-refractivity contribution in [3.63, 3.8) is 0 Å². The standard InChI is InChI=1S/C21H34ClN3O2/c1-7-12-25(21(27)16(8-2)9-3)14-17-13-18(23-20(26)15(4)22)10-11-19(17)24(5)6/h10-11,13,15-16H,7-9,12,14H2,1-6H3,(H,23,26)/t15-/m1/s1. The molecule has 1 aromatic rings. The quantitative estimate of drug-likeness (QED) is 0.593. The molecule has 0 heterocycles. The minimum absolute atomic E-state index is 0.0549. The van der Waals surface area contributed by atoms with Crippen LogP contribution in [0.3, 0.4) is 0 Å². The molecule has 1 rings (SSSR count). The van der Waals surface area contributed by atoms with Crippen LogP contribution in [0.5, 0.6) is 0 Å². The summed E-state index contributed by atoms with van der Waals surface area (Å²) in [7, 11) is 3.95. The molecule has 0 saturated heterocycles. The molecule has 1 aromatic carbocycles. The highest BCUT2D eigenvalue weighted by molar-refractivity contribution is 6.32. The average Bonchev–Trinajstić information content (AvgIpc) is 2.62. The minimum Gasteiger partial charge on any atom is -0.377 e. The van der Waals surface area contributed by atoms with Crippen molar-refractivity contribution in [3.8, 4) is 0 Å². The molecule has 152 valence electrons. The molecule has 0 aromatic heterocycles. The van der Waals surface area contributed by atoms with E-state index in [2.05, 4.69) is 26.1 Å². The molecule has 0 spiro atoms. The number of carbonyl (C=O) groups excluding carboxylic acids is 2. The first-order valence-electron chi connectivity index (χ1n) is 9.78. The van der Waals surface area contributed by atoms with Gasteiger partial charge in [-0.3, -0.25) is 9.59 Å². The van der Waals surface area contributed by atoms with Gasteiger partial charge in [0.15, 0.2) is 0 Å². The molecular weight excluding hydrogens is 362 g/mol. The van der Waals surface area contributed by atoms with Gasteiger partial charge in [-0.25, -0.2) is 0 Å². The van der Waals surface area contributed by atoms with Crippen molar-refractivity contribution in [3.05, 3.63) is 23.8 Å². The van der Waals surface area contributed by atoms with Crippen molar-refractivity contribution in [2.75, 3.05) is 30.9 Å². The number of halogens is 1. The molecule has 0 aliphatic carbocycles. The normalized spacial score (nSPS) is 12.0. The number of hydrogen-bond donors (Lipinski definition) is 1. The van der Waals surface area contributed by atoms with E-state index in [-0.39, 0.29) is 17.7 Å². The lowest BCUT2D eigenvalue weighted by Crippen LogP contribution is -2.36. The molecule has 0 aliphatic heterocycles. The summed E-state index contributed by atoms with van der Waals surface area (Å²) in [6, 6.07) is 5.77. The molecule has 1 atom stereocenters. The number of anilines is 2. The largest absolute Gasteiger partial charge is 0.377 e. The highest BCUT2D eigenvalue weighted by Crippen LogP contribution is 2.26. The number of benzene rings is 1. The van der Waals surface area contributed by atoms with Gasteiger partial charge in [-0.2, -0.15) is 0 Å². The van der Waals surface area contributed by atoms with Crippen LogP contribution in [0.15, 0.2) is 18.2 Å². The Morgan fingerprint density at radius 3 is 2.26 bits per heavy atom. The fourth-order valence-electron chi connectivity index (χ4n) is 3.11. The molecule has 0 bridgehead atoms. The summed E-state index contributed by atoms with van der Waals surface area (Å²) in [5.41, 5.74) is 2.73. The van der Waals surface area contributed by atoms with Crippen LogP contribution in [0.2, 0.25) is 0 Å². The van der Waals surface area contributed by atoms with Gasteiger partial charge in [-0.15, -0.1) is 11.6 Å². The van der Waals surface area contributed by atoms with Crippen LogP contribution in [0.4, 0.5) is 11.4 Å². The Balaban J connectivity index is 3.17. The number of nitrogens with zero attached hydrogens (tertiary/aromatic N) is 2. The predicted molar refractivity (Wildman–Crippen MR) is 114 cm³/mol. The van der Waals surface area contributed by atoms with Crippen molar-refractivity contribution in [1.82, 2.24) is 4.90 Å². The highest BCUT2D eigenvalue weighted by atomic mass is 35.5. The molecule has 6 heteroatoms. The summed E-state index contributed by atoms with van der Waals surface area (Å²) in [6.45, 7) is 9.09. The van der Waals surface area contributed by atoms with Crippen LogP contribution >= 0.6 is 11.6 Å². The first kappa shape index (κ1) is 23.3. The summed E-state index contributed by atoms with van der Waals surface area (Å²) in [6.07, 6.45) is 2.60. The third kappa shape index (κ3) is 6.73. The second kappa shape index (κ2) is 11.2. The van der Waals surface area contributed by atoms with E-state index in [1.165, 1.54) is 0 Å². The first-order valence-corrected chi connectivity index (χ1v) is 10.2. The molecular formula is C21H34ClN3O2. The van der Waals surface area contributed by atoms with Crippen molar-refractivity contribution < 1.29 is 9.59 Å². The van der Waals surface area contributed by atoms with Gasteiger partial charge in [-0.1, -0.05) is 20.8 Å².